The Morgan fingerprint density at radius 2 is 1.83 bits per heavy atom. The van der Waals surface area contributed by atoms with Gasteiger partial charge in [0.25, 0.3) is 0 Å². The maximum Gasteiger partial charge on any atom is 0.0302 e. The Kier molecular flexibility index (Phi) is 3.86. The molecule has 2 nitrogen and oxygen atoms in total. The quantitative estimate of drug-likeness (QED) is 0.875. The van der Waals surface area contributed by atoms with Crippen LogP contribution in [-0.4, -0.2) is 17.1 Å². The van der Waals surface area contributed by atoms with Crippen molar-refractivity contribution in [1.29, 1.82) is 0 Å². The van der Waals surface area contributed by atoms with Gasteiger partial charge in [-0.3, -0.25) is 0 Å². The van der Waals surface area contributed by atoms with Crippen molar-refractivity contribution in [3.63, 3.8) is 0 Å². The van der Waals surface area contributed by atoms with Gasteiger partial charge in [0.15, 0.2) is 0 Å². The third-order valence-corrected chi connectivity index (χ3v) is 4.55. The highest BCUT2D eigenvalue weighted by molar-refractivity contribution is 7.11. The fourth-order valence-electron chi connectivity index (χ4n) is 3.29. The molecule has 0 spiro atoms. The molecular formula is C15H26N2S. The standard InChI is InChI=1S/C15H26N2S/c1-11-6-7-13(18-11)10-16-12-8-14(2,3)17-15(4,5)9-12/h6-7,12,16-17H,8-10H2,1-5H3. The molecule has 2 heterocycles. The van der Waals surface area contributed by atoms with Crippen LogP contribution in [0.4, 0.5) is 0 Å². The van der Waals surface area contributed by atoms with Crippen molar-refractivity contribution in [2.45, 2.75) is 71.1 Å². The zero-order valence-electron chi connectivity index (χ0n) is 12.3. The molecule has 3 heteroatoms. The Morgan fingerprint density at radius 3 is 2.33 bits per heavy atom. The number of thiophene rings is 1. The molecule has 1 aliphatic heterocycles. The molecule has 1 saturated heterocycles. The molecule has 18 heavy (non-hydrogen) atoms. The molecule has 0 aromatic carbocycles. The molecule has 102 valence electrons. The Balaban J connectivity index is 1.93. The second-order valence-corrected chi connectivity index (χ2v) is 8.26. The van der Waals surface area contributed by atoms with Gasteiger partial charge in [0.05, 0.1) is 0 Å². The lowest BCUT2D eigenvalue weighted by Gasteiger charge is -2.46. The summed E-state index contributed by atoms with van der Waals surface area (Å²) >= 11 is 1.90. The van der Waals surface area contributed by atoms with Crippen molar-refractivity contribution in [1.82, 2.24) is 10.6 Å². The van der Waals surface area contributed by atoms with E-state index in [0.29, 0.717) is 6.04 Å². The zero-order chi connectivity index (χ0) is 13.4. The number of hydrogen-bond acceptors (Lipinski definition) is 3. The lowest BCUT2D eigenvalue weighted by Crippen LogP contribution is -2.61. The van der Waals surface area contributed by atoms with E-state index in [-0.39, 0.29) is 11.1 Å². The molecule has 0 saturated carbocycles. The van der Waals surface area contributed by atoms with Gasteiger partial charge in [-0.15, -0.1) is 11.3 Å². The van der Waals surface area contributed by atoms with Gasteiger partial charge in [0.2, 0.25) is 0 Å². The summed E-state index contributed by atoms with van der Waals surface area (Å²) in [6, 6.07) is 5.06. The van der Waals surface area contributed by atoms with Crippen molar-refractivity contribution in [3.8, 4) is 0 Å². The van der Waals surface area contributed by atoms with Crippen LogP contribution in [0.25, 0.3) is 0 Å². The molecular weight excluding hydrogens is 240 g/mol. The van der Waals surface area contributed by atoms with Crippen LogP contribution >= 0.6 is 11.3 Å². The molecule has 0 amide bonds. The van der Waals surface area contributed by atoms with Gasteiger partial charge in [0, 0.05) is 33.4 Å². The predicted molar refractivity (Wildman–Crippen MR) is 80.2 cm³/mol. The summed E-state index contributed by atoms with van der Waals surface area (Å²) in [6.07, 6.45) is 2.39. The number of piperidine rings is 1. The fourth-order valence-corrected chi connectivity index (χ4v) is 4.13. The molecule has 2 N–H and O–H groups in total. The van der Waals surface area contributed by atoms with E-state index in [2.05, 4.69) is 57.4 Å². The monoisotopic (exact) mass is 266 g/mol. The summed E-state index contributed by atoms with van der Waals surface area (Å²) in [6.45, 7) is 12.4. The molecule has 1 aromatic heterocycles. The van der Waals surface area contributed by atoms with E-state index in [1.807, 2.05) is 11.3 Å². The smallest absolute Gasteiger partial charge is 0.0302 e. The predicted octanol–water partition coefficient (Wildman–Crippen LogP) is 3.46. The topological polar surface area (TPSA) is 24.1 Å². The van der Waals surface area contributed by atoms with Crippen molar-refractivity contribution < 1.29 is 0 Å². The SMILES string of the molecule is Cc1ccc(CNC2CC(C)(C)NC(C)(C)C2)s1. The van der Waals surface area contributed by atoms with Crippen molar-refractivity contribution >= 4 is 11.3 Å². The minimum absolute atomic E-state index is 0.227. The number of hydrogen-bond donors (Lipinski definition) is 2. The third-order valence-electron chi connectivity index (χ3n) is 3.55. The minimum Gasteiger partial charge on any atom is -0.309 e. The summed E-state index contributed by atoms with van der Waals surface area (Å²) in [5, 5.41) is 7.46. The van der Waals surface area contributed by atoms with Crippen LogP contribution in [0, 0.1) is 6.92 Å². The summed E-state index contributed by atoms with van der Waals surface area (Å²) in [4.78, 5) is 2.85. The minimum atomic E-state index is 0.227. The molecule has 0 unspecified atom stereocenters. The van der Waals surface area contributed by atoms with E-state index >= 15 is 0 Å². The average molecular weight is 266 g/mol. The van der Waals surface area contributed by atoms with E-state index in [4.69, 9.17) is 0 Å². The van der Waals surface area contributed by atoms with Gasteiger partial charge >= 0.3 is 0 Å². The summed E-state index contributed by atoms with van der Waals surface area (Å²) in [5.41, 5.74) is 0.454. The van der Waals surface area contributed by atoms with Crippen LogP contribution in [0.5, 0.6) is 0 Å². The number of nitrogens with one attached hydrogen (secondary N) is 2. The van der Waals surface area contributed by atoms with Gasteiger partial charge in [0.1, 0.15) is 0 Å². The van der Waals surface area contributed by atoms with E-state index in [9.17, 15) is 0 Å². The van der Waals surface area contributed by atoms with Crippen LogP contribution in [0.2, 0.25) is 0 Å². The van der Waals surface area contributed by atoms with E-state index in [0.717, 1.165) is 6.54 Å². The second kappa shape index (κ2) is 4.95. The molecule has 0 bridgehead atoms. The van der Waals surface area contributed by atoms with Crippen LogP contribution in [0.1, 0.15) is 50.3 Å². The molecule has 2 rings (SSSR count). The summed E-state index contributed by atoms with van der Waals surface area (Å²) < 4.78 is 0. The van der Waals surface area contributed by atoms with E-state index in [1.165, 1.54) is 22.6 Å². The first-order valence-electron chi connectivity index (χ1n) is 6.84. The summed E-state index contributed by atoms with van der Waals surface area (Å²) in [7, 11) is 0. The first kappa shape index (κ1) is 14.0. The maximum absolute atomic E-state index is 3.73. The summed E-state index contributed by atoms with van der Waals surface area (Å²) in [5.74, 6) is 0. The van der Waals surface area contributed by atoms with Gasteiger partial charge in [-0.1, -0.05) is 0 Å². The second-order valence-electron chi connectivity index (χ2n) is 6.89. The van der Waals surface area contributed by atoms with Crippen molar-refractivity contribution in [2.75, 3.05) is 0 Å². The number of rotatable bonds is 3. The lowest BCUT2D eigenvalue weighted by molar-refractivity contribution is 0.146. The highest BCUT2D eigenvalue weighted by Gasteiger charge is 2.37. The van der Waals surface area contributed by atoms with Crippen LogP contribution in [0.15, 0.2) is 12.1 Å². The van der Waals surface area contributed by atoms with Gasteiger partial charge in [-0.25, -0.2) is 0 Å². The van der Waals surface area contributed by atoms with Crippen molar-refractivity contribution in [2.24, 2.45) is 0 Å². The molecule has 1 aliphatic rings. The average Bonchev–Trinajstić information content (AvgIpc) is 2.56. The Morgan fingerprint density at radius 1 is 1.22 bits per heavy atom. The molecule has 1 aromatic rings. The lowest BCUT2D eigenvalue weighted by atomic mass is 9.79. The Bertz CT molecular complexity index is 390. The number of aryl methyl sites for hydroxylation is 1. The molecule has 0 radical (unpaired) electrons. The van der Waals surface area contributed by atoms with Gasteiger partial charge < -0.3 is 10.6 Å². The van der Waals surface area contributed by atoms with Crippen LogP contribution in [-0.2, 0) is 6.54 Å². The third kappa shape index (κ3) is 3.81. The highest BCUT2D eigenvalue weighted by atomic mass is 32.1. The maximum atomic E-state index is 3.73. The normalized spacial score (nSPS) is 23.2. The van der Waals surface area contributed by atoms with Crippen molar-refractivity contribution in [3.05, 3.63) is 21.9 Å². The van der Waals surface area contributed by atoms with Gasteiger partial charge in [-0.2, -0.15) is 0 Å². The zero-order valence-corrected chi connectivity index (χ0v) is 13.1. The van der Waals surface area contributed by atoms with E-state index in [1.54, 1.807) is 0 Å². The highest BCUT2D eigenvalue weighted by Crippen LogP contribution is 2.28. The van der Waals surface area contributed by atoms with Crippen LogP contribution < -0.4 is 10.6 Å². The van der Waals surface area contributed by atoms with E-state index < -0.39 is 0 Å². The first-order chi connectivity index (χ1) is 8.26. The molecule has 1 fully saturated rings. The Hall–Kier alpha value is -0.380. The molecule has 0 atom stereocenters. The Labute approximate surface area is 115 Å². The van der Waals surface area contributed by atoms with Crippen LogP contribution in [0.3, 0.4) is 0 Å². The largest absolute Gasteiger partial charge is 0.309 e. The molecule has 0 aliphatic carbocycles. The fraction of sp³-hybridized carbons (Fsp3) is 0.733. The first-order valence-corrected chi connectivity index (χ1v) is 7.65. The van der Waals surface area contributed by atoms with Gasteiger partial charge in [-0.05, 0) is 59.6 Å².